The summed E-state index contributed by atoms with van der Waals surface area (Å²) < 4.78 is 13.5. The summed E-state index contributed by atoms with van der Waals surface area (Å²) in [6, 6.07) is 4.30. The van der Waals surface area contributed by atoms with E-state index < -0.39 is 5.82 Å². The number of rotatable bonds is 4. The third kappa shape index (κ3) is 2.82. The van der Waals surface area contributed by atoms with E-state index in [9.17, 15) is 9.18 Å². The molecule has 0 radical (unpaired) electrons. The summed E-state index contributed by atoms with van der Waals surface area (Å²) in [4.78, 5) is 12.5. The number of thiocarbonyl (C=S) groups is 1. The second-order valence-corrected chi connectivity index (χ2v) is 5.79. The molecule has 0 heterocycles. The van der Waals surface area contributed by atoms with Crippen LogP contribution in [0.4, 0.5) is 10.1 Å². The number of amides is 1. The molecule has 0 aliphatic heterocycles. The summed E-state index contributed by atoms with van der Waals surface area (Å²) in [6.07, 6.45) is 4.82. The zero-order chi connectivity index (χ0) is 14.8. The van der Waals surface area contributed by atoms with Crippen LogP contribution in [0, 0.1) is 11.2 Å². The Bertz CT molecular complexity index is 539. The van der Waals surface area contributed by atoms with E-state index in [0.717, 1.165) is 32.1 Å². The Kier molecular flexibility index (Phi) is 4.38. The molecule has 0 aromatic heterocycles. The fraction of sp³-hybridized carbons (Fsp3) is 0.467. The number of nitrogens with two attached hydrogens (primary N) is 1. The Morgan fingerprint density at radius 1 is 1.45 bits per heavy atom. The van der Waals surface area contributed by atoms with Crippen LogP contribution in [0.3, 0.4) is 0 Å². The SMILES string of the molecule is CCC1(C(=O)Nc2ccc(F)c(C(N)=S)c2)CCCC1. The molecule has 2 rings (SSSR count). The van der Waals surface area contributed by atoms with Gasteiger partial charge in [0.15, 0.2) is 0 Å². The predicted molar refractivity (Wildman–Crippen MR) is 82.1 cm³/mol. The van der Waals surface area contributed by atoms with Gasteiger partial charge in [-0.15, -0.1) is 0 Å². The molecular weight excluding hydrogens is 275 g/mol. The lowest BCUT2D eigenvalue weighted by Crippen LogP contribution is -2.33. The minimum Gasteiger partial charge on any atom is -0.389 e. The Labute approximate surface area is 123 Å². The molecular formula is C15H19FN2OS. The summed E-state index contributed by atoms with van der Waals surface area (Å²) in [5.74, 6) is -0.459. The quantitative estimate of drug-likeness (QED) is 0.837. The number of hydrogen-bond donors (Lipinski definition) is 2. The van der Waals surface area contributed by atoms with E-state index in [1.165, 1.54) is 18.2 Å². The summed E-state index contributed by atoms with van der Waals surface area (Å²) in [7, 11) is 0. The number of nitrogens with one attached hydrogen (secondary N) is 1. The lowest BCUT2D eigenvalue weighted by molar-refractivity contribution is -0.125. The van der Waals surface area contributed by atoms with E-state index >= 15 is 0 Å². The molecule has 1 aromatic rings. The Balaban J connectivity index is 2.19. The molecule has 1 saturated carbocycles. The first-order valence-electron chi connectivity index (χ1n) is 6.89. The number of anilines is 1. The van der Waals surface area contributed by atoms with E-state index in [-0.39, 0.29) is 21.9 Å². The van der Waals surface area contributed by atoms with Gasteiger partial charge in [-0.3, -0.25) is 4.79 Å². The van der Waals surface area contributed by atoms with Crippen LogP contribution in [0.1, 0.15) is 44.6 Å². The average molecular weight is 294 g/mol. The lowest BCUT2D eigenvalue weighted by atomic mass is 9.82. The Hall–Kier alpha value is -1.49. The van der Waals surface area contributed by atoms with Crippen molar-refractivity contribution in [3.05, 3.63) is 29.6 Å². The van der Waals surface area contributed by atoms with E-state index in [1.807, 2.05) is 6.92 Å². The minimum absolute atomic E-state index is 0.00956. The minimum atomic E-state index is -0.471. The highest BCUT2D eigenvalue weighted by Gasteiger charge is 2.39. The molecule has 1 amide bonds. The number of hydrogen-bond acceptors (Lipinski definition) is 2. The third-order valence-electron chi connectivity index (χ3n) is 4.21. The van der Waals surface area contributed by atoms with Crippen LogP contribution in [0.2, 0.25) is 0 Å². The topological polar surface area (TPSA) is 55.1 Å². The van der Waals surface area contributed by atoms with Crippen LogP contribution in [0.5, 0.6) is 0 Å². The van der Waals surface area contributed by atoms with Crippen molar-refractivity contribution in [1.82, 2.24) is 0 Å². The summed E-state index contributed by atoms with van der Waals surface area (Å²) in [5, 5.41) is 2.88. The van der Waals surface area contributed by atoms with E-state index in [4.69, 9.17) is 18.0 Å². The van der Waals surface area contributed by atoms with Crippen LogP contribution >= 0.6 is 12.2 Å². The Morgan fingerprint density at radius 3 is 2.65 bits per heavy atom. The molecule has 108 valence electrons. The van der Waals surface area contributed by atoms with Gasteiger partial charge in [0.1, 0.15) is 10.8 Å². The van der Waals surface area contributed by atoms with Crippen molar-refractivity contribution in [2.75, 3.05) is 5.32 Å². The second kappa shape index (κ2) is 5.87. The van der Waals surface area contributed by atoms with Crippen molar-refractivity contribution in [2.45, 2.75) is 39.0 Å². The molecule has 0 saturated heterocycles. The lowest BCUT2D eigenvalue weighted by Gasteiger charge is -2.26. The van der Waals surface area contributed by atoms with Gasteiger partial charge in [-0.25, -0.2) is 4.39 Å². The molecule has 0 spiro atoms. The molecule has 0 atom stereocenters. The normalized spacial score (nSPS) is 16.9. The largest absolute Gasteiger partial charge is 0.389 e. The first kappa shape index (κ1) is 14.9. The number of carbonyl (C=O) groups excluding carboxylic acids is 1. The first-order chi connectivity index (χ1) is 9.48. The maximum absolute atomic E-state index is 13.5. The van der Waals surface area contributed by atoms with Crippen LogP contribution in [-0.4, -0.2) is 10.9 Å². The van der Waals surface area contributed by atoms with Crippen molar-refractivity contribution in [3.63, 3.8) is 0 Å². The van der Waals surface area contributed by atoms with Gasteiger partial charge in [0, 0.05) is 16.7 Å². The second-order valence-electron chi connectivity index (χ2n) is 5.35. The van der Waals surface area contributed by atoms with Crippen LogP contribution in [0.25, 0.3) is 0 Å². The van der Waals surface area contributed by atoms with Gasteiger partial charge in [0.25, 0.3) is 0 Å². The summed E-state index contributed by atoms with van der Waals surface area (Å²) >= 11 is 4.80. The van der Waals surface area contributed by atoms with Gasteiger partial charge in [-0.05, 0) is 37.5 Å². The Morgan fingerprint density at radius 2 is 2.10 bits per heavy atom. The van der Waals surface area contributed by atoms with Gasteiger partial charge in [-0.1, -0.05) is 32.0 Å². The molecule has 20 heavy (non-hydrogen) atoms. The molecule has 1 aromatic carbocycles. The highest BCUT2D eigenvalue weighted by Crippen LogP contribution is 2.41. The zero-order valence-electron chi connectivity index (χ0n) is 11.5. The van der Waals surface area contributed by atoms with Crippen molar-refractivity contribution >= 4 is 28.8 Å². The van der Waals surface area contributed by atoms with Crippen molar-refractivity contribution in [3.8, 4) is 0 Å². The molecule has 3 N–H and O–H groups in total. The highest BCUT2D eigenvalue weighted by molar-refractivity contribution is 7.80. The highest BCUT2D eigenvalue weighted by atomic mass is 32.1. The summed E-state index contributed by atoms with van der Waals surface area (Å²) in [5.41, 5.74) is 5.89. The van der Waals surface area contributed by atoms with E-state index in [0.29, 0.717) is 5.69 Å². The van der Waals surface area contributed by atoms with E-state index in [2.05, 4.69) is 5.32 Å². The monoisotopic (exact) mass is 294 g/mol. The molecule has 1 fully saturated rings. The van der Waals surface area contributed by atoms with Gasteiger partial charge in [-0.2, -0.15) is 0 Å². The van der Waals surface area contributed by atoms with Crippen LogP contribution < -0.4 is 11.1 Å². The zero-order valence-corrected chi connectivity index (χ0v) is 12.4. The fourth-order valence-electron chi connectivity index (χ4n) is 2.85. The maximum atomic E-state index is 13.5. The maximum Gasteiger partial charge on any atom is 0.230 e. The first-order valence-corrected chi connectivity index (χ1v) is 7.30. The molecule has 1 aliphatic carbocycles. The van der Waals surface area contributed by atoms with Crippen molar-refractivity contribution < 1.29 is 9.18 Å². The smallest absolute Gasteiger partial charge is 0.230 e. The number of carbonyl (C=O) groups is 1. The molecule has 5 heteroatoms. The number of benzene rings is 1. The van der Waals surface area contributed by atoms with E-state index in [1.54, 1.807) is 0 Å². The molecule has 0 unspecified atom stereocenters. The average Bonchev–Trinajstić information content (AvgIpc) is 2.90. The molecule has 3 nitrogen and oxygen atoms in total. The van der Waals surface area contributed by atoms with Gasteiger partial charge in [0.05, 0.1) is 0 Å². The summed E-state index contributed by atoms with van der Waals surface area (Å²) in [6.45, 7) is 2.04. The third-order valence-corrected chi connectivity index (χ3v) is 4.43. The number of halogens is 1. The molecule has 1 aliphatic rings. The van der Waals surface area contributed by atoms with Crippen LogP contribution in [0.15, 0.2) is 18.2 Å². The van der Waals surface area contributed by atoms with Crippen molar-refractivity contribution in [1.29, 1.82) is 0 Å². The standard InChI is InChI=1S/C15H19FN2OS/c1-2-15(7-3-4-8-15)14(19)18-10-5-6-12(16)11(9-10)13(17)20/h5-6,9H,2-4,7-8H2,1H3,(H2,17,20)(H,18,19). The fourth-order valence-corrected chi connectivity index (χ4v) is 3.00. The van der Waals surface area contributed by atoms with Crippen LogP contribution in [-0.2, 0) is 4.79 Å². The van der Waals surface area contributed by atoms with Gasteiger partial charge in [0.2, 0.25) is 5.91 Å². The molecule has 0 bridgehead atoms. The van der Waals surface area contributed by atoms with Gasteiger partial charge >= 0.3 is 0 Å². The van der Waals surface area contributed by atoms with Crippen molar-refractivity contribution in [2.24, 2.45) is 11.1 Å². The van der Waals surface area contributed by atoms with Gasteiger partial charge < -0.3 is 11.1 Å². The predicted octanol–water partition coefficient (Wildman–Crippen LogP) is 3.37.